The summed E-state index contributed by atoms with van der Waals surface area (Å²) < 4.78 is 21.1. The molecule has 0 radical (unpaired) electrons. The molecule has 0 aliphatic heterocycles. The molecule has 82 valence electrons. The highest BCUT2D eigenvalue weighted by Gasteiger charge is 2.04. The van der Waals surface area contributed by atoms with Crippen LogP contribution in [0, 0.1) is 6.92 Å². The predicted molar refractivity (Wildman–Crippen MR) is 57.0 cm³/mol. The monoisotopic (exact) mass is 227 g/mol. The molecule has 0 aliphatic carbocycles. The number of primary amides is 1. The van der Waals surface area contributed by atoms with Crippen molar-refractivity contribution in [3.8, 4) is 0 Å². The van der Waals surface area contributed by atoms with E-state index in [9.17, 15) is 13.6 Å². The first kappa shape index (κ1) is 11.7. The third kappa shape index (κ3) is 3.69. The molecule has 0 spiro atoms. The van der Waals surface area contributed by atoms with Crippen LogP contribution >= 0.6 is 0 Å². The summed E-state index contributed by atoms with van der Waals surface area (Å²) in [5, 5.41) is 2.39. The van der Waals surface area contributed by atoms with E-state index in [-0.39, 0.29) is 5.75 Å². The van der Waals surface area contributed by atoms with Crippen molar-refractivity contribution >= 4 is 22.8 Å². The van der Waals surface area contributed by atoms with Crippen LogP contribution in [0.4, 0.5) is 10.5 Å². The molecule has 1 aromatic rings. The van der Waals surface area contributed by atoms with Crippen molar-refractivity contribution in [3.05, 3.63) is 29.3 Å². The van der Waals surface area contributed by atoms with Gasteiger partial charge in [-0.25, -0.2) is 4.79 Å². The van der Waals surface area contributed by atoms with E-state index in [2.05, 4.69) is 5.32 Å². The summed E-state index contributed by atoms with van der Waals surface area (Å²) in [6.07, 6.45) is 0. The Morgan fingerprint density at radius 1 is 1.60 bits per heavy atom. The number of aryl methyl sites for hydroxylation is 1. The molecule has 0 fully saturated rings. The fourth-order valence-corrected chi connectivity index (χ4v) is 1.70. The van der Waals surface area contributed by atoms with Crippen LogP contribution in [0.2, 0.25) is 0 Å². The van der Waals surface area contributed by atoms with Gasteiger partial charge in [0, 0.05) is 11.4 Å². The highest BCUT2D eigenvalue weighted by molar-refractivity contribution is 7.78. The lowest BCUT2D eigenvalue weighted by molar-refractivity contribution is 0.259. The van der Waals surface area contributed by atoms with E-state index < -0.39 is 17.1 Å². The molecule has 15 heavy (non-hydrogen) atoms. The fourth-order valence-electron chi connectivity index (χ4n) is 1.19. The van der Waals surface area contributed by atoms with Crippen LogP contribution in [0.3, 0.4) is 0 Å². The van der Waals surface area contributed by atoms with Gasteiger partial charge in [-0.15, -0.1) is 0 Å². The molecule has 1 atom stereocenters. The van der Waals surface area contributed by atoms with Gasteiger partial charge in [-0.05, 0) is 24.1 Å². The zero-order valence-corrected chi connectivity index (χ0v) is 8.97. The Balaban J connectivity index is 3.02. The lowest BCUT2D eigenvalue weighted by Gasteiger charge is -2.12. The molecule has 0 aliphatic rings. The summed E-state index contributed by atoms with van der Waals surface area (Å²) in [5.74, 6) is -0.143. The van der Waals surface area contributed by atoms with E-state index in [0.29, 0.717) is 11.3 Å². The summed E-state index contributed by atoms with van der Waals surface area (Å²) in [5.41, 5.74) is 6.84. The summed E-state index contributed by atoms with van der Waals surface area (Å²) in [4.78, 5) is 10.7. The van der Waals surface area contributed by atoms with E-state index in [1.807, 2.05) is 6.92 Å². The van der Waals surface area contributed by atoms with E-state index in [1.54, 1.807) is 18.2 Å². The molecule has 1 rings (SSSR count). The molecule has 1 unspecified atom stereocenters. The smallest absolute Gasteiger partial charge is 0.316 e. The number of carbonyl (C=O) groups excluding carboxylic acids is 1. The SMILES string of the molecule is Cc1ccc(CS(=O)[O-])c(NC(N)=O)c1. The van der Waals surface area contributed by atoms with Gasteiger partial charge in [0.2, 0.25) is 0 Å². The van der Waals surface area contributed by atoms with E-state index in [1.165, 1.54) is 0 Å². The van der Waals surface area contributed by atoms with Gasteiger partial charge in [0.1, 0.15) is 0 Å². The average molecular weight is 227 g/mol. The Morgan fingerprint density at radius 3 is 2.80 bits per heavy atom. The number of rotatable bonds is 3. The van der Waals surface area contributed by atoms with Crippen molar-refractivity contribution in [2.75, 3.05) is 5.32 Å². The van der Waals surface area contributed by atoms with Gasteiger partial charge in [0.25, 0.3) is 0 Å². The highest BCUT2D eigenvalue weighted by Crippen LogP contribution is 2.18. The van der Waals surface area contributed by atoms with Crippen LogP contribution in [0.15, 0.2) is 18.2 Å². The molecule has 3 N–H and O–H groups in total. The van der Waals surface area contributed by atoms with Gasteiger partial charge < -0.3 is 15.6 Å². The Labute approximate surface area is 90.0 Å². The maximum Gasteiger partial charge on any atom is 0.316 e. The van der Waals surface area contributed by atoms with Crippen molar-refractivity contribution in [3.63, 3.8) is 0 Å². The summed E-state index contributed by atoms with van der Waals surface area (Å²) in [7, 11) is 0. The fraction of sp³-hybridized carbons (Fsp3) is 0.222. The number of amides is 2. The number of nitrogens with two attached hydrogens (primary N) is 1. The van der Waals surface area contributed by atoms with Crippen molar-refractivity contribution in [1.82, 2.24) is 0 Å². The standard InChI is InChI=1S/C9H12N2O3S/c1-6-2-3-7(5-15(13)14)8(4-6)11-9(10)12/h2-4H,5H2,1H3,(H,13,14)(H3,10,11,12)/p-1. The van der Waals surface area contributed by atoms with Crippen LogP contribution in [0.5, 0.6) is 0 Å². The maximum absolute atomic E-state index is 10.7. The Hall–Kier alpha value is -1.40. The topological polar surface area (TPSA) is 95.2 Å². The van der Waals surface area contributed by atoms with E-state index >= 15 is 0 Å². The number of nitrogens with one attached hydrogen (secondary N) is 1. The van der Waals surface area contributed by atoms with Crippen molar-refractivity contribution in [2.24, 2.45) is 5.73 Å². The molecule has 0 bridgehead atoms. The van der Waals surface area contributed by atoms with Crippen LogP contribution in [-0.4, -0.2) is 14.8 Å². The summed E-state index contributed by atoms with van der Waals surface area (Å²) in [6.45, 7) is 1.84. The molecule has 1 aromatic carbocycles. The van der Waals surface area contributed by atoms with Crippen LogP contribution in [0.25, 0.3) is 0 Å². The number of urea groups is 1. The number of anilines is 1. The Kier molecular flexibility index (Phi) is 3.81. The van der Waals surface area contributed by atoms with Gasteiger partial charge >= 0.3 is 6.03 Å². The van der Waals surface area contributed by atoms with Gasteiger partial charge in [0.05, 0.1) is 0 Å². The first-order valence-corrected chi connectivity index (χ1v) is 5.45. The van der Waals surface area contributed by atoms with Crippen LogP contribution < -0.4 is 11.1 Å². The second kappa shape index (κ2) is 4.90. The first-order valence-electron chi connectivity index (χ1n) is 4.21. The minimum Gasteiger partial charge on any atom is -0.772 e. The van der Waals surface area contributed by atoms with Gasteiger partial charge in [-0.3, -0.25) is 4.21 Å². The molecule has 0 saturated carbocycles. The third-order valence-corrected chi connectivity index (χ3v) is 2.34. The summed E-state index contributed by atoms with van der Waals surface area (Å²) in [6, 6.07) is 4.39. The number of carbonyl (C=O) groups is 1. The molecule has 6 heteroatoms. The second-order valence-electron chi connectivity index (χ2n) is 3.10. The van der Waals surface area contributed by atoms with E-state index in [4.69, 9.17) is 5.73 Å². The molecule has 2 amide bonds. The predicted octanol–water partition coefficient (Wildman–Crippen LogP) is 0.865. The third-order valence-electron chi connectivity index (χ3n) is 1.80. The minimum absolute atomic E-state index is 0.143. The number of hydrogen-bond donors (Lipinski definition) is 2. The van der Waals surface area contributed by atoms with Crippen molar-refractivity contribution in [1.29, 1.82) is 0 Å². The number of hydrogen-bond acceptors (Lipinski definition) is 3. The average Bonchev–Trinajstić information content (AvgIpc) is 2.08. The molecular weight excluding hydrogens is 216 g/mol. The minimum atomic E-state index is -2.19. The largest absolute Gasteiger partial charge is 0.772 e. The Bertz CT molecular complexity index is 406. The quantitative estimate of drug-likeness (QED) is 0.750. The van der Waals surface area contributed by atoms with Crippen LogP contribution in [0.1, 0.15) is 11.1 Å². The van der Waals surface area contributed by atoms with Crippen molar-refractivity contribution in [2.45, 2.75) is 12.7 Å². The zero-order chi connectivity index (χ0) is 11.4. The molecule has 0 saturated heterocycles. The molecule has 0 heterocycles. The van der Waals surface area contributed by atoms with Crippen molar-refractivity contribution < 1.29 is 13.6 Å². The highest BCUT2D eigenvalue weighted by atomic mass is 32.2. The second-order valence-corrected chi connectivity index (χ2v) is 3.99. The van der Waals surface area contributed by atoms with E-state index in [0.717, 1.165) is 5.56 Å². The van der Waals surface area contributed by atoms with Crippen LogP contribution in [-0.2, 0) is 16.8 Å². The number of benzene rings is 1. The summed E-state index contributed by atoms with van der Waals surface area (Å²) >= 11 is -2.19. The first-order chi connectivity index (χ1) is 6.99. The van der Waals surface area contributed by atoms with Gasteiger partial charge in [-0.1, -0.05) is 23.2 Å². The van der Waals surface area contributed by atoms with Gasteiger partial charge in [-0.2, -0.15) is 0 Å². The molecular formula is C9H11N2O3S-. The normalized spacial score (nSPS) is 12.1. The maximum atomic E-state index is 10.7. The molecule has 5 nitrogen and oxygen atoms in total. The lowest BCUT2D eigenvalue weighted by atomic mass is 10.1. The van der Waals surface area contributed by atoms with Gasteiger partial charge in [0.15, 0.2) is 0 Å². The molecule has 0 aromatic heterocycles. The Morgan fingerprint density at radius 2 is 2.27 bits per heavy atom. The lowest BCUT2D eigenvalue weighted by Crippen LogP contribution is -2.20. The zero-order valence-electron chi connectivity index (χ0n) is 8.15.